The summed E-state index contributed by atoms with van der Waals surface area (Å²) in [7, 11) is 3.24. The molecule has 6 heteroatoms. The van der Waals surface area contributed by atoms with E-state index in [1.54, 1.807) is 32.8 Å². The number of pyridine rings is 1. The predicted octanol–water partition coefficient (Wildman–Crippen LogP) is 3.48. The van der Waals surface area contributed by atoms with E-state index in [4.69, 9.17) is 14.6 Å². The number of ether oxygens (including phenoxy) is 2. The fraction of sp³-hybridized carbons (Fsp3) is 0.105. The van der Waals surface area contributed by atoms with Crippen molar-refractivity contribution in [3.63, 3.8) is 0 Å². The molecule has 4 rings (SSSR count). The molecule has 0 bridgehead atoms. The largest absolute Gasteiger partial charge is 0.493 e. The minimum absolute atomic E-state index is 0.665. The van der Waals surface area contributed by atoms with E-state index in [9.17, 15) is 0 Å². The van der Waals surface area contributed by atoms with Gasteiger partial charge >= 0.3 is 0 Å². The Balaban J connectivity index is 1.85. The molecule has 0 spiro atoms. The average molecular weight is 332 g/mol. The van der Waals surface area contributed by atoms with Crippen LogP contribution in [0.15, 0.2) is 61.1 Å². The van der Waals surface area contributed by atoms with Crippen molar-refractivity contribution < 1.29 is 9.47 Å². The SMILES string of the molecule is COc1ccc(-c2cnc3ccc(-c4cccnc4)nn23)cc1OC. The van der Waals surface area contributed by atoms with Crippen LogP contribution in [-0.2, 0) is 0 Å². The summed E-state index contributed by atoms with van der Waals surface area (Å²) in [5.41, 5.74) is 4.39. The van der Waals surface area contributed by atoms with Crippen molar-refractivity contribution in [2.45, 2.75) is 0 Å². The van der Waals surface area contributed by atoms with Gasteiger partial charge in [-0.05, 0) is 42.5 Å². The molecule has 6 nitrogen and oxygen atoms in total. The van der Waals surface area contributed by atoms with Crippen LogP contribution in [0.25, 0.3) is 28.2 Å². The number of hydrogen-bond donors (Lipinski definition) is 0. The highest BCUT2D eigenvalue weighted by Crippen LogP contribution is 2.32. The first-order chi connectivity index (χ1) is 12.3. The van der Waals surface area contributed by atoms with Crippen LogP contribution in [0, 0.1) is 0 Å². The van der Waals surface area contributed by atoms with Crippen molar-refractivity contribution in [2.75, 3.05) is 14.2 Å². The Hall–Kier alpha value is -3.41. The molecule has 0 aliphatic carbocycles. The highest BCUT2D eigenvalue weighted by Gasteiger charge is 2.12. The standard InChI is InChI=1S/C19H16N4O2/c1-24-17-7-5-13(10-18(17)25-2)16-12-21-19-8-6-15(22-23(16)19)14-4-3-9-20-11-14/h3-12H,1-2H3. The number of imidazole rings is 1. The van der Waals surface area contributed by atoms with Crippen LogP contribution >= 0.6 is 0 Å². The smallest absolute Gasteiger partial charge is 0.161 e. The van der Waals surface area contributed by atoms with Crippen LogP contribution in [-0.4, -0.2) is 33.8 Å². The van der Waals surface area contributed by atoms with E-state index in [2.05, 4.69) is 9.97 Å². The summed E-state index contributed by atoms with van der Waals surface area (Å²) in [4.78, 5) is 8.60. The molecule has 0 N–H and O–H groups in total. The summed E-state index contributed by atoms with van der Waals surface area (Å²) in [5.74, 6) is 1.35. The van der Waals surface area contributed by atoms with Gasteiger partial charge in [-0.2, -0.15) is 5.10 Å². The topological polar surface area (TPSA) is 61.5 Å². The van der Waals surface area contributed by atoms with Crippen LogP contribution < -0.4 is 9.47 Å². The van der Waals surface area contributed by atoms with E-state index in [0.717, 1.165) is 28.2 Å². The van der Waals surface area contributed by atoms with Gasteiger partial charge in [-0.1, -0.05) is 0 Å². The van der Waals surface area contributed by atoms with E-state index in [1.165, 1.54) is 0 Å². The Morgan fingerprint density at radius 1 is 0.880 bits per heavy atom. The molecule has 0 unspecified atom stereocenters. The monoisotopic (exact) mass is 332 g/mol. The number of rotatable bonds is 4. The Kier molecular flexibility index (Phi) is 3.78. The van der Waals surface area contributed by atoms with Gasteiger partial charge in [0.05, 0.1) is 31.8 Å². The van der Waals surface area contributed by atoms with Crippen molar-refractivity contribution >= 4 is 5.65 Å². The predicted molar refractivity (Wildman–Crippen MR) is 94.8 cm³/mol. The van der Waals surface area contributed by atoms with Crippen LogP contribution in [0.2, 0.25) is 0 Å². The van der Waals surface area contributed by atoms with Crippen LogP contribution in [0.4, 0.5) is 0 Å². The third-order valence-electron chi connectivity index (χ3n) is 4.00. The first-order valence-corrected chi connectivity index (χ1v) is 7.78. The molecule has 3 heterocycles. The van der Waals surface area contributed by atoms with Gasteiger partial charge < -0.3 is 9.47 Å². The zero-order valence-corrected chi connectivity index (χ0v) is 13.9. The van der Waals surface area contributed by atoms with Gasteiger partial charge in [0.15, 0.2) is 17.1 Å². The molecule has 3 aromatic heterocycles. The first kappa shape index (κ1) is 15.1. The average Bonchev–Trinajstić information content (AvgIpc) is 3.11. The second-order valence-electron chi connectivity index (χ2n) is 5.44. The van der Waals surface area contributed by atoms with E-state index in [-0.39, 0.29) is 0 Å². The minimum Gasteiger partial charge on any atom is -0.493 e. The maximum absolute atomic E-state index is 5.40. The van der Waals surface area contributed by atoms with Crippen LogP contribution in [0.3, 0.4) is 0 Å². The fourth-order valence-electron chi connectivity index (χ4n) is 2.73. The Morgan fingerprint density at radius 3 is 2.52 bits per heavy atom. The first-order valence-electron chi connectivity index (χ1n) is 7.78. The van der Waals surface area contributed by atoms with Crippen molar-refractivity contribution in [3.8, 4) is 34.0 Å². The van der Waals surface area contributed by atoms with Crippen molar-refractivity contribution in [1.82, 2.24) is 19.6 Å². The summed E-state index contributed by atoms with van der Waals surface area (Å²) >= 11 is 0. The number of methoxy groups -OCH3 is 2. The van der Waals surface area contributed by atoms with Gasteiger partial charge in [0.1, 0.15) is 0 Å². The summed E-state index contributed by atoms with van der Waals surface area (Å²) in [6, 6.07) is 13.5. The third kappa shape index (κ3) is 2.67. The lowest BCUT2D eigenvalue weighted by Gasteiger charge is -2.09. The molecule has 0 atom stereocenters. The number of fused-ring (bicyclic) bond motifs is 1. The summed E-state index contributed by atoms with van der Waals surface area (Å²) in [6.07, 6.45) is 5.34. The summed E-state index contributed by atoms with van der Waals surface area (Å²) in [5, 5.41) is 4.72. The van der Waals surface area contributed by atoms with Gasteiger partial charge in [-0.25, -0.2) is 9.50 Å². The maximum atomic E-state index is 5.40. The Labute approximate surface area is 144 Å². The summed E-state index contributed by atoms with van der Waals surface area (Å²) in [6.45, 7) is 0. The molecule has 0 fully saturated rings. The van der Waals surface area contributed by atoms with Gasteiger partial charge in [-0.15, -0.1) is 0 Å². The molecule has 1 aromatic carbocycles. The van der Waals surface area contributed by atoms with Gasteiger partial charge in [-0.3, -0.25) is 4.98 Å². The number of aromatic nitrogens is 4. The summed E-state index contributed by atoms with van der Waals surface area (Å²) < 4.78 is 12.5. The molecule has 0 amide bonds. The Morgan fingerprint density at radius 2 is 1.76 bits per heavy atom. The molecule has 0 saturated heterocycles. The van der Waals surface area contributed by atoms with Gasteiger partial charge in [0.25, 0.3) is 0 Å². The molecule has 25 heavy (non-hydrogen) atoms. The highest BCUT2D eigenvalue weighted by molar-refractivity contribution is 5.68. The van der Waals surface area contributed by atoms with Gasteiger partial charge in [0, 0.05) is 23.5 Å². The lowest BCUT2D eigenvalue weighted by atomic mass is 10.1. The molecular weight excluding hydrogens is 316 g/mol. The molecule has 0 aliphatic rings. The van der Waals surface area contributed by atoms with Crippen LogP contribution in [0.1, 0.15) is 0 Å². The maximum Gasteiger partial charge on any atom is 0.161 e. The molecule has 124 valence electrons. The number of hydrogen-bond acceptors (Lipinski definition) is 5. The third-order valence-corrected chi connectivity index (χ3v) is 4.00. The molecule has 0 saturated carbocycles. The zero-order valence-electron chi connectivity index (χ0n) is 13.9. The van der Waals surface area contributed by atoms with E-state index in [0.29, 0.717) is 11.5 Å². The number of nitrogens with zero attached hydrogens (tertiary/aromatic N) is 4. The van der Waals surface area contributed by atoms with Gasteiger partial charge in [0.2, 0.25) is 0 Å². The second-order valence-corrected chi connectivity index (χ2v) is 5.44. The van der Waals surface area contributed by atoms with Crippen LogP contribution in [0.5, 0.6) is 11.5 Å². The van der Waals surface area contributed by atoms with E-state index < -0.39 is 0 Å². The van der Waals surface area contributed by atoms with E-state index in [1.807, 2.05) is 47.0 Å². The van der Waals surface area contributed by atoms with Crippen molar-refractivity contribution in [2.24, 2.45) is 0 Å². The highest BCUT2D eigenvalue weighted by atomic mass is 16.5. The quantitative estimate of drug-likeness (QED) is 0.572. The molecular formula is C19H16N4O2. The normalized spacial score (nSPS) is 10.8. The van der Waals surface area contributed by atoms with Crippen molar-refractivity contribution in [3.05, 3.63) is 61.1 Å². The molecule has 4 aromatic rings. The second kappa shape index (κ2) is 6.24. The Bertz CT molecular complexity index is 1030. The molecule has 0 aliphatic heterocycles. The van der Waals surface area contributed by atoms with Crippen molar-refractivity contribution in [1.29, 1.82) is 0 Å². The lowest BCUT2D eigenvalue weighted by Crippen LogP contribution is -1.97. The fourth-order valence-corrected chi connectivity index (χ4v) is 2.73. The minimum atomic E-state index is 0.665. The van der Waals surface area contributed by atoms with E-state index >= 15 is 0 Å². The molecule has 0 radical (unpaired) electrons. The zero-order chi connectivity index (χ0) is 17.2. The lowest BCUT2D eigenvalue weighted by molar-refractivity contribution is 0.355. The number of benzene rings is 1.